The molecule has 5 heteroatoms. The zero-order chi connectivity index (χ0) is 11.9. The Kier molecular flexibility index (Phi) is 2.62. The third kappa shape index (κ3) is 1.78. The first-order valence-corrected chi connectivity index (χ1v) is 5.20. The number of carboxylic acid groups (broad SMARTS) is 1. The Morgan fingerprint density at radius 3 is 2.56 bits per heavy atom. The molecule has 0 heterocycles. The number of carboxylic acids is 1. The highest BCUT2D eigenvalue weighted by atomic mass is 35.5. The summed E-state index contributed by atoms with van der Waals surface area (Å²) in [5.41, 5.74) is -0.478. The molecule has 1 saturated carbocycles. The van der Waals surface area contributed by atoms with Gasteiger partial charge in [-0.2, -0.15) is 0 Å². The Morgan fingerprint density at radius 2 is 2.06 bits per heavy atom. The van der Waals surface area contributed by atoms with Crippen molar-refractivity contribution in [3.05, 3.63) is 34.4 Å². The molecule has 0 atom stereocenters. The summed E-state index contributed by atoms with van der Waals surface area (Å²) < 4.78 is 26.6. The molecule has 1 aliphatic carbocycles. The molecule has 0 radical (unpaired) electrons. The molecule has 0 aliphatic heterocycles. The van der Waals surface area contributed by atoms with Crippen molar-refractivity contribution >= 4 is 17.6 Å². The van der Waals surface area contributed by atoms with Crippen molar-refractivity contribution in [2.75, 3.05) is 0 Å². The lowest BCUT2D eigenvalue weighted by Gasteiger charge is -2.14. The average Bonchev–Trinajstić information content (AvgIpc) is 2.94. The predicted octanol–water partition coefficient (Wildman–Crippen LogP) is 3.12. The summed E-state index contributed by atoms with van der Waals surface area (Å²) in [6.07, 6.45) is 1.04. The Balaban J connectivity index is 2.42. The number of benzene rings is 1. The van der Waals surface area contributed by atoms with E-state index in [0.717, 1.165) is 6.07 Å². The maximum Gasteiger partial charge on any atom is 0.304 e. The molecule has 86 valence electrons. The van der Waals surface area contributed by atoms with Gasteiger partial charge in [-0.1, -0.05) is 17.7 Å². The molecule has 0 amide bonds. The van der Waals surface area contributed by atoms with E-state index in [9.17, 15) is 13.6 Å². The Hall–Kier alpha value is -1.16. The number of hydrogen-bond donors (Lipinski definition) is 1. The topological polar surface area (TPSA) is 37.3 Å². The highest BCUT2D eigenvalue weighted by Crippen LogP contribution is 2.52. The molecule has 1 aliphatic rings. The zero-order valence-electron chi connectivity index (χ0n) is 8.27. The average molecular weight is 247 g/mol. The minimum absolute atomic E-state index is 0.147. The third-order valence-corrected chi connectivity index (χ3v) is 3.30. The number of rotatable bonds is 3. The fourth-order valence-corrected chi connectivity index (χ4v) is 2.08. The molecule has 0 saturated heterocycles. The van der Waals surface area contributed by atoms with Crippen LogP contribution in [0, 0.1) is 11.6 Å². The van der Waals surface area contributed by atoms with Gasteiger partial charge >= 0.3 is 5.97 Å². The van der Waals surface area contributed by atoms with Gasteiger partial charge in [-0.15, -0.1) is 0 Å². The molecule has 16 heavy (non-hydrogen) atoms. The molecule has 0 aromatic heterocycles. The Labute approximate surface area is 95.8 Å². The van der Waals surface area contributed by atoms with Crippen molar-refractivity contribution in [3.63, 3.8) is 0 Å². The summed E-state index contributed by atoms with van der Waals surface area (Å²) in [4.78, 5) is 10.7. The molecule has 2 rings (SSSR count). The lowest BCUT2D eigenvalue weighted by Crippen LogP contribution is -2.15. The van der Waals surface area contributed by atoms with Crippen LogP contribution in [0.25, 0.3) is 0 Å². The molecule has 1 fully saturated rings. The standard InChI is InChI=1S/C11H9ClF2O2/c12-9-7(13)2-1-6(10(9)14)11(3-4-11)5-8(15)16/h1-2H,3-5H2,(H,15,16). The van der Waals surface area contributed by atoms with Gasteiger partial charge in [-0.3, -0.25) is 4.79 Å². The van der Waals surface area contributed by atoms with E-state index in [1.54, 1.807) is 0 Å². The zero-order valence-corrected chi connectivity index (χ0v) is 9.02. The minimum Gasteiger partial charge on any atom is -0.481 e. The van der Waals surface area contributed by atoms with Gasteiger partial charge in [0.2, 0.25) is 0 Å². The SMILES string of the molecule is O=C(O)CC1(c2ccc(F)c(Cl)c2F)CC1. The van der Waals surface area contributed by atoms with E-state index < -0.39 is 28.0 Å². The molecular weight excluding hydrogens is 238 g/mol. The normalized spacial score (nSPS) is 17.2. The highest BCUT2D eigenvalue weighted by Gasteiger charge is 2.48. The van der Waals surface area contributed by atoms with E-state index in [2.05, 4.69) is 0 Å². The lowest BCUT2D eigenvalue weighted by molar-refractivity contribution is -0.137. The van der Waals surface area contributed by atoms with Crippen molar-refractivity contribution in [1.82, 2.24) is 0 Å². The summed E-state index contributed by atoms with van der Waals surface area (Å²) in [7, 11) is 0. The molecule has 2 nitrogen and oxygen atoms in total. The Bertz CT molecular complexity index is 456. The fraction of sp³-hybridized carbons (Fsp3) is 0.364. The van der Waals surface area contributed by atoms with Crippen LogP contribution >= 0.6 is 11.6 Å². The van der Waals surface area contributed by atoms with E-state index in [0.29, 0.717) is 12.8 Å². The van der Waals surface area contributed by atoms with Gasteiger partial charge in [0.05, 0.1) is 6.42 Å². The van der Waals surface area contributed by atoms with Crippen LogP contribution in [0.1, 0.15) is 24.8 Å². The van der Waals surface area contributed by atoms with Gasteiger partial charge in [0, 0.05) is 5.41 Å². The summed E-state index contributed by atoms with van der Waals surface area (Å²) in [5, 5.41) is 8.17. The van der Waals surface area contributed by atoms with Crippen LogP contribution in [0.4, 0.5) is 8.78 Å². The van der Waals surface area contributed by atoms with Crippen molar-refractivity contribution in [1.29, 1.82) is 0 Å². The fourth-order valence-electron chi connectivity index (χ4n) is 1.92. The van der Waals surface area contributed by atoms with Crippen LogP contribution in [0.2, 0.25) is 5.02 Å². The van der Waals surface area contributed by atoms with Crippen LogP contribution in [0.3, 0.4) is 0 Å². The van der Waals surface area contributed by atoms with Crippen molar-refractivity contribution in [3.8, 4) is 0 Å². The molecule has 1 aromatic rings. The molecule has 1 aromatic carbocycles. The summed E-state index contributed by atoms with van der Waals surface area (Å²) in [5.74, 6) is -2.65. The number of carbonyl (C=O) groups is 1. The van der Waals surface area contributed by atoms with E-state index in [1.165, 1.54) is 6.07 Å². The van der Waals surface area contributed by atoms with E-state index in [1.807, 2.05) is 0 Å². The summed E-state index contributed by atoms with van der Waals surface area (Å²) in [6.45, 7) is 0. The largest absolute Gasteiger partial charge is 0.481 e. The first kappa shape index (κ1) is 11.3. The van der Waals surface area contributed by atoms with E-state index in [-0.39, 0.29) is 12.0 Å². The molecule has 0 unspecified atom stereocenters. The van der Waals surface area contributed by atoms with Crippen LogP contribution < -0.4 is 0 Å². The molecule has 0 spiro atoms. The summed E-state index contributed by atoms with van der Waals surface area (Å²) >= 11 is 5.46. The molecule has 0 bridgehead atoms. The maximum atomic E-state index is 13.7. The second-order valence-electron chi connectivity index (χ2n) is 4.07. The van der Waals surface area contributed by atoms with E-state index >= 15 is 0 Å². The van der Waals surface area contributed by atoms with Crippen LogP contribution in [0.15, 0.2) is 12.1 Å². The first-order chi connectivity index (χ1) is 7.46. The maximum absolute atomic E-state index is 13.7. The number of aliphatic carboxylic acids is 1. The van der Waals surface area contributed by atoms with Gasteiger partial charge in [-0.25, -0.2) is 8.78 Å². The van der Waals surface area contributed by atoms with E-state index in [4.69, 9.17) is 16.7 Å². The van der Waals surface area contributed by atoms with Gasteiger partial charge in [-0.05, 0) is 24.5 Å². The second kappa shape index (κ2) is 3.70. The number of halogens is 3. The van der Waals surface area contributed by atoms with Crippen LogP contribution in [0.5, 0.6) is 0 Å². The van der Waals surface area contributed by atoms with Crippen molar-refractivity contribution < 1.29 is 18.7 Å². The third-order valence-electron chi connectivity index (χ3n) is 2.95. The quantitative estimate of drug-likeness (QED) is 0.832. The van der Waals surface area contributed by atoms with Gasteiger partial charge < -0.3 is 5.11 Å². The Morgan fingerprint density at radius 1 is 1.44 bits per heavy atom. The molecular formula is C11H9ClF2O2. The van der Waals surface area contributed by atoms with Crippen LogP contribution in [-0.2, 0) is 10.2 Å². The minimum atomic E-state index is -0.989. The van der Waals surface area contributed by atoms with Crippen molar-refractivity contribution in [2.45, 2.75) is 24.7 Å². The number of hydrogen-bond acceptors (Lipinski definition) is 1. The predicted molar refractivity (Wildman–Crippen MR) is 54.5 cm³/mol. The van der Waals surface area contributed by atoms with Crippen LogP contribution in [-0.4, -0.2) is 11.1 Å². The highest BCUT2D eigenvalue weighted by molar-refractivity contribution is 6.31. The lowest BCUT2D eigenvalue weighted by atomic mass is 9.92. The second-order valence-corrected chi connectivity index (χ2v) is 4.45. The molecule has 1 N–H and O–H groups in total. The first-order valence-electron chi connectivity index (χ1n) is 4.82. The van der Waals surface area contributed by atoms with Gasteiger partial charge in [0.25, 0.3) is 0 Å². The van der Waals surface area contributed by atoms with Gasteiger partial charge in [0.1, 0.15) is 16.7 Å². The van der Waals surface area contributed by atoms with Gasteiger partial charge in [0.15, 0.2) is 0 Å². The van der Waals surface area contributed by atoms with Crippen molar-refractivity contribution in [2.24, 2.45) is 0 Å². The smallest absolute Gasteiger partial charge is 0.304 e. The summed E-state index contributed by atoms with van der Waals surface area (Å²) in [6, 6.07) is 2.36. The monoisotopic (exact) mass is 246 g/mol.